The Labute approximate surface area is 95.8 Å². The third kappa shape index (κ3) is 4.12. The van der Waals surface area contributed by atoms with Crippen LogP contribution >= 0.6 is 15.9 Å². The van der Waals surface area contributed by atoms with Crippen LogP contribution in [0.25, 0.3) is 0 Å². The fourth-order valence-electron chi connectivity index (χ4n) is 0.962. The van der Waals surface area contributed by atoms with Crippen molar-refractivity contribution in [2.75, 3.05) is 11.9 Å². The summed E-state index contributed by atoms with van der Waals surface area (Å²) < 4.78 is 5.29. The van der Waals surface area contributed by atoms with Crippen LogP contribution in [-0.2, 0) is 0 Å². The zero-order chi connectivity index (χ0) is 11.1. The number of nitro groups is 1. The molecule has 0 heterocycles. The normalized spacial score (nSPS) is 10.5. The molecule has 0 bridgehead atoms. The molecule has 80 valence electrons. The molecule has 0 radical (unpaired) electrons. The third-order valence-corrected chi connectivity index (χ3v) is 2.00. The van der Waals surface area contributed by atoms with Gasteiger partial charge in [0.05, 0.1) is 11.0 Å². The third-order valence-electron chi connectivity index (χ3n) is 1.63. The number of rotatable bonds is 5. The predicted molar refractivity (Wildman–Crippen MR) is 61.5 cm³/mol. The number of allylic oxidation sites excluding steroid dienone is 1. The molecule has 0 aliphatic heterocycles. The van der Waals surface area contributed by atoms with Crippen LogP contribution in [-0.4, -0.2) is 16.9 Å². The van der Waals surface area contributed by atoms with E-state index in [2.05, 4.69) is 15.9 Å². The summed E-state index contributed by atoms with van der Waals surface area (Å²) in [6.07, 6.45) is 3.74. The lowest BCUT2D eigenvalue weighted by molar-refractivity contribution is -0.384. The molecule has 5 heteroatoms. The molecular weight excluding hydrogens is 262 g/mol. The summed E-state index contributed by atoms with van der Waals surface area (Å²) in [6, 6.07) is 6.12. The fourth-order valence-corrected chi connectivity index (χ4v) is 1.23. The monoisotopic (exact) mass is 271 g/mol. The van der Waals surface area contributed by atoms with Crippen molar-refractivity contribution >= 4 is 21.6 Å². The van der Waals surface area contributed by atoms with Gasteiger partial charge < -0.3 is 4.74 Å². The highest BCUT2D eigenvalue weighted by atomic mass is 79.9. The largest absolute Gasteiger partial charge is 0.489 e. The highest BCUT2D eigenvalue weighted by Gasteiger charge is 2.05. The number of ether oxygens (including phenoxy) is 1. The van der Waals surface area contributed by atoms with Crippen LogP contribution in [0.4, 0.5) is 5.69 Å². The van der Waals surface area contributed by atoms with Crippen LogP contribution in [0.1, 0.15) is 0 Å². The predicted octanol–water partition coefficient (Wildman–Crippen LogP) is 2.92. The van der Waals surface area contributed by atoms with Crippen LogP contribution in [0.2, 0.25) is 0 Å². The van der Waals surface area contributed by atoms with Crippen LogP contribution in [0, 0.1) is 10.1 Å². The van der Waals surface area contributed by atoms with E-state index in [-0.39, 0.29) is 5.69 Å². The molecule has 0 atom stereocenters. The summed E-state index contributed by atoms with van der Waals surface area (Å²) >= 11 is 3.23. The first kappa shape index (κ1) is 11.7. The Kier molecular flexibility index (Phi) is 4.83. The molecule has 0 aliphatic carbocycles. The number of halogens is 1. The van der Waals surface area contributed by atoms with Crippen molar-refractivity contribution in [1.82, 2.24) is 0 Å². The quantitative estimate of drug-likeness (QED) is 0.358. The number of hydrogen-bond donors (Lipinski definition) is 0. The number of nitro benzene ring substituents is 1. The van der Waals surface area contributed by atoms with Crippen molar-refractivity contribution in [2.45, 2.75) is 0 Å². The average Bonchev–Trinajstić information content (AvgIpc) is 2.25. The van der Waals surface area contributed by atoms with Gasteiger partial charge >= 0.3 is 0 Å². The molecule has 0 N–H and O–H groups in total. The minimum atomic E-state index is -0.443. The number of alkyl halides is 1. The average molecular weight is 272 g/mol. The molecule has 1 aromatic carbocycles. The second-order valence-electron chi connectivity index (χ2n) is 2.69. The standard InChI is InChI=1S/C10H10BrNO3/c11-6-1-2-7-15-10-5-3-4-9(8-10)12(13)14/h1-5,8H,6-7H2/b2-1+. The first-order valence-corrected chi connectivity index (χ1v) is 5.44. The van der Waals surface area contributed by atoms with E-state index >= 15 is 0 Å². The highest BCUT2D eigenvalue weighted by Crippen LogP contribution is 2.18. The van der Waals surface area contributed by atoms with E-state index in [0.717, 1.165) is 5.33 Å². The molecule has 0 aromatic heterocycles. The van der Waals surface area contributed by atoms with E-state index in [1.807, 2.05) is 12.2 Å². The molecular formula is C10H10BrNO3. The molecule has 1 rings (SSSR count). The molecule has 4 nitrogen and oxygen atoms in total. The maximum Gasteiger partial charge on any atom is 0.273 e. The van der Waals surface area contributed by atoms with Gasteiger partial charge in [-0.05, 0) is 6.07 Å². The van der Waals surface area contributed by atoms with Crippen molar-refractivity contribution in [3.63, 3.8) is 0 Å². The fraction of sp³-hybridized carbons (Fsp3) is 0.200. The topological polar surface area (TPSA) is 52.4 Å². The van der Waals surface area contributed by atoms with Crippen LogP contribution < -0.4 is 4.74 Å². The van der Waals surface area contributed by atoms with Gasteiger partial charge in [-0.2, -0.15) is 0 Å². The second kappa shape index (κ2) is 6.19. The number of benzene rings is 1. The first-order chi connectivity index (χ1) is 7.24. The smallest absolute Gasteiger partial charge is 0.273 e. The van der Waals surface area contributed by atoms with Crippen molar-refractivity contribution in [2.24, 2.45) is 0 Å². The van der Waals surface area contributed by atoms with E-state index in [1.165, 1.54) is 12.1 Å². The van der Waals surface area contributed by atoms with Crippen LogP contribution in [0.15, 0.2) is 36.4 Å². The van der Waals surface area contributed by atoms with Crippen LogP contribution in [0.5, 0.6) is 5.75 Å². The van der Waals surface area contributed by atoms with Gasteiger partial charge in [0.2, 0.25) is 0 Å². The summed E-state index contributed by atoms with van der Waals surface area (Å²) in [5, 5.41) is 11.2. The summed E-state index contributed by atoms with van der Waals surface area (Å²) in [5.74, 6) is 0.503. The van der Waals surface area contributed by atoms with Gasteiger partial charge in [0.15, 0.2) is 0 Å². The molecule has 0 fully saturated rings. The Hall–Kier alpha value is -1.36. The van der Waals surface area contributed by atoms with Gasteiger partial charge in [-0.3, -0.25) is 10.1 Å². The first-order valence-electron chi connectivity index (χ1n) is 4.32. The minimum absolute atomic E-state index is 0.0389. The number of non-ortho nitro benzene ring substituents is 1. The van der Waals surface area contributed by atoms with E-state index in [4.69, 9.17) is 4.74 Å². The molecule has 0 saturated heterocycles. The van der Waals surface area contributed by atoms with Gasteiger partial charge in [-0.25, -0.2) is 0 Å². The van der Waals surface area contributed by atoms with E-state index < -0.39 is 4.92 Å². The lowest BCUT2D eigenvalue weighted by Gasteiger charge is -2.01. The lowest BCUT2D eigenvalue weighted by atomic mass is 10.3. The van der Waals surface area contributed by atoms with Crippen molar-refractivity contribution in [1.29, 1.82) is 0 Å². The molecule has 15 heavy (non-hydrogen) atoms. The van der Waals surface area contributed by atoms with Gasteiger partial charge in [0.25, 0.3) is 5.69 Å². The molecule has 0 unspecified atom stereocenters. The number of nitrogens with zero attached hydrogens (tertiary/aromatic N) is 1. The summed E-state index contributed by atoms with van der Waals surface area (Å²) in [4.78, 5) is 10.0. The SMILES string of the molecule is O=[N+]([O-])c1cccc(OC/C=C/CBr)c1. The maximum absolute atomic E-state index is 10.5. The zero-order valence-corrected chi connectivity index (χ0v) is 9.51. The molecule has 0 aliphatic rings. The lowest BCUT2D eigenvalue weighted by Crippen LogP contribution is -1.94. The van der Waals surface area contributed by atoms with Gasteiger partial charge in [0, 0.05) is 11.4 Å². The molecule has 0 amide bonds. The van der Waals surface area contributed by atoms with Crippen molar-refractivity contribution in [3.8, 4) is 5.75 Å². The van der Waals surface area contributed by atoms with E-state index in [0.29, 0.717) is 12.4 Å². The highest BCUT2D eigenvalue weighted by molar-refractivity contribution is 9.09. The summed E-state index contributed by atoms with van der Waals surface area (Å²) in [7, 11) is 0. The summed E-state index contributed by atoms with van der Waals surface area (Å²) in [5.41, 5.74) is 0.0389. The van der Waals surface area contributed by atoms with Gasteiger partial charge in [-0.1, -0.05) is 34.1 Å². The Morgan fingerprint density at radius 1 is 1.47 bits per heavy atom. The Morgan fingerprint density at radius 2 is 2.27 bits per heavy atom. The number of hydrogen-bond acceptors (Lipinski definition) is 3. The minimum Gasteiger partial charge on any atom is -0.489 e. The molecule has 1 aromatic rings. The van der Waals surface area contributed by atoms with Crippen LogP contribution in [0.3, 0.4) is 0 Å². The van der Waals surface area contributed by atoms with Gasteiger partial charge in [-0.15, -0.1) is 0 Å². The van der Waals surface area contributed by atoms with Crippen molar-refractivity contribution < 1.29 is 9.66 Å². The molecule has 0 saturated carbocycles. The maximum atomic E-state index is 10.5. The molecule has 0 spiro atoms. The van der Waals surface area contributed by atoms with Gasteiger partial charge in [0.1, 0.15) is 12.4 Å². The van der Waals surface area contributed by atoms with E-state index in [9.17, 15) is 10.1 Å². The zero-order valence-electron chi connectivity index (χ0n) is 7.93. The Balaban J connectivity index is 2.58. The second-order valence-corrected chi connectivity index (χ2v) is 3.34. The Bertz CT molecular complexity index is 365. The summed E-state index contributed by atoms with van der Waals surface area (Å²) in [6.45, 7) is 0.409. The Morgan fingerprint density at radius 3 is 2.93 bits per heavy atom. The van der Waals surface area contributed by atoms with Crippen molar-refractivity contribution in [3.05, 3.63) is 46.5 Å². The van der Waals surface area contributed by atoms with E-state index in [1.54, 1.807) is 12.1 Å².